The van der Waals surface area contributed by atoms with Crippen LogP contribution < -0.4 is 4.90 Å². The van der Waals surface area contributed by atoms with Gasteiger partial charge < -0.3 is 14.8 Å². The number of rotatable bonds is 4. The fourth-order valence-electron chi connectivity index (χ4n) is 4.23. The van der Waals surface area contributed by atoms with Gasteiger partial charge in [-0.2, -0.15) is 0 Å². The molecule has 33 heavy (non-hydrogen) atoms. The molecule has 166 valence electrons. The van der Waals surface area contributed by atoms with Gasteiger partial charge in [-0.3, -0.25) is 4.79 Å². The van der Waals surface area contributed by atoms with Crippen LogP contribution in [0.25, 0.3) is 11.1 Å². The first-order valence-corrected chi connectivity index (χ1v) is 11.5. The van der Waals surface area contributed by atoms with E-state index >= 15 is 0 Å². The molecular formula is C26H22Cl2N4O. The van der Waals surface area contributed by atoms with E-state index in [1.807, 2.05) is 29.3 Å². The lowest BCUT2D eigenvalue weighted by Gasteiger charge is -2.24. The standard InChI is InChI=1S/C26H22Cl2N4O/c27-23-8-4-7-22(25(23)28)26(33)32-12-11-31(16-21-14-29-17-30-21)24-10-9-19(13-20(24)15-32)18-5-2-1-3-6-18/h1-10,13-14,17H,11-12,15-16H2,(H,29,30). The van der Waals surface area contributed by atoms with Crippen LogP contribution in [0.4, 0.5) is 5.69 Å². The van der Waals surface area contributed by atoms with Gasteiger partial charge in [-0.05, 0) is 41.0 Å². The first-order chi connectivity index (χ1) is 16.1. The molecule has 0 aliphatic carbocycles. The number of carbonyl (C=O) groups is 1. The number of imidazole rings is 1. The van der Waals surface area contributed by atoms with Crippen molar-refractivity contribution in [2.24, 2.45) is 0 Å². The summed E-state index contributed by atoms with van der Waals surface area (Å²) >= 11 is 12.6. The fourth-order valence-corrected chi connectivity index (χ4v) is 4.61. The molecule has 5 rings (SSSR count). The van der Waals surface area contributed by atoms with E-state index in [4.69, 9.17) is 23.2 Å². The van der Waals surface area contributed by atoms with Crippen LogP contribution >= 0.6 is 23.2 Å². The van der Waals surface area contributed by atoms with E-state index < -0.39 is 0 Å². The van der Waals surface area contributed by atoms with Crippen molar-refractivity contribution in [1.82, 2.24) is 14.9 Å². The van der Waals surface area contributed by atoms with Gasteiger partial charge in [-0.15, -0.1) is 0 Å². The highest BCUT2D eigenvalue weighted by molar-refractivity contribution is 6.43. The maximum absolute atomic E-state index is 13.5. The number of carbonyl (C=O) groups excluding carboxylic acids is 1. The van der Waals surface area contributed by atoms with Gasteiger partial charge >= 0.3 is 0 Å². The van der Waals surface area contributed by atoms with E-state index in [-0.39, 0.29) is 5.91 Å². The maximum atomic E-state index is 13.5. The zero-order valence-corrected chi connectivity index (χ0v) is 19.4. The topological polar surface area (TPSA) is 52.2 Å². The zero-order chi connectivity index (χ0) is 22.8. The van der Waals surface area contributed by atoms with E-state index in [2.05, 4.69) is 45.2 Å². The van der Waals surface area contributed by atoms with E-state index in [0.29, 0.717) is 41.8 Å². The van der Waals surface area contributed by atoms with E-state index in [9.17, 15) is 4.79 Å². The maximum Gasteiger partial charge on any atom is 0.255 e. The number of benzene rings is 3. The molecule has 0 atom stereocenters. The number of halogens is 2. The molecule has 0 bridgehead atoms. The summed E-state index contributed by atoms with van der Waals surface area (Å²) in [6, 6.07) is 21.9. The predicted molar refractivity (Wildman–Crippen MR) is 133 cm³/mol. The molecule has 1 aliphatic rings. The molecule has 0 spiro atoms. The number of hydrogen-bond donors (Lipinski definition) is 1. The summed E-state index contributed by atoms with van der Waals surface area (Å²) in [6.07, 6.45) is 3.51. The lowest BCUT2D eigenvalue weighted by molar-refractivity contribution is 0.0751. The molecule has 1 N–H and O–H groups in total. The summed E-state index contributed by atoms with van der Waals surface area (Å²) in [7, 11) is 0. The molecule has 4 aromatic rings. The lowest BCUT2D eigenvalue weighted by Crippen LogP contribution is -2.35. The second kappa shape index (κ2) is 9.30. The van der Waals surface area contributed by atoms with Crippen LogP contribution in [0.15, 0.2) is 79.3 Å². The molecule has 5 nitrogen and oxygen atoms in total. The Morgan fingerprint density at radius 1 is 0.970 bits per heavy atom. The largest absolute Gasteiger partial charge is 0.364 e. The summed E-state index contributed by atoms with van der Waals surface area (Å²) in [6.45, 7) is 2.40. The highest BCUT2D eigenvalue weighted by atomic mass is 35.5. The number of H-pyrrole nitrogens is 1. The Morgan fingerprint density at radius 2 is 1.82 bits per heavy atom. The predicted octanol–water partition coefficient (Wildman–Crippen LogP) is 6.05. The van der Waals surface area contributed by atoms with Crippen molar-refractivity contribution in [3.05, 3.63) is 106 Å². The minimum atomic E-state index is -0.123. The summed E-state index contributed by atoms with van der Waals surface area (Å²) in [5.74, 6) is -0.123. The number of aromatic nitrogens is 2. The molecule has 1 aromatic heterocycles. The van der Waals surface area contributed by atoms with Crippen LogP contribution in [0.2, 0.25) is 10.0 Å². The molecule has 0 saturated carbocycles. The van der Waals surface area contributed by atoms with Gasteiger partial charge in [0.2, 0.25) is 0 Å². The Hall–Kier alpha value is -3.28. The summed E-state index contributed by atoms with van der Waals surface area (Å²) < 4.78 is 0. The van der Waals surface area contributed by atoms with Gasteiger partial charge in [0.15, 0.2) is 0 Å². The number of nitrogens with zero attached hydrogens (tertiary/aromatic N) is 3. The second-order valence-corrected chi connectivity index (χ2v) is 8.82. The molecule has 0 saturated heterocycles. The van der Waals surface area contributed by atoms with Gasteiger partial charge in [-0.1, -0.05) is 65.7 Å². The van der Waals surface area contributed by atoms with Crippen LogP contribution in [0.5, 0.6) is 0 Å². The van der Waals surface area contributed by atoms with Crippen molar-refractivity contribution in [2.75, 3.05) is 18.0 Å². The second-order valence-electron chi connectivity index (χ2n) is 8.04. The van der Waals surface area contributed by atoms with Crippen LogP contribution in [0, 0.1) is 0 Å². The van der Waals surface area contributed by atoms with Crippen molar-refractivity contribution < 1.29 is 4.79 Å². The molecule has 1 amide bonds. The van der Waals surface area contributed by atoms with Gasteiger partial charge in [0.1, 0.15) is 0 Å². The molecule has 7 heteroatoms. The minimum absolute atomic E-state index is 0.123. The Kier molecular flexibility index (Phi) is 6.07. The van der Waals surface area contributed by atoms with E-state index in [1.54, 1.807) is 24.5 Å². The number of fused-ring (bicyclic) bond motifs is 1. The third-order valence-corrected chi connectivity index (χ3v) is 6.73. The number of aromatic amines is 1. The lowest BCUT2D eigenvalue weighted by atomic mass is 10.0. The van der Waals surface area contributed by atoms with Gasteiger partial charge in [-0.25, -0.2) is 4.98 Å². The number of amides is 1. The fraction of sp³-hybridized carbons (Fsp3) is 0.154. The quantitative estimate of drug-likeness (QED) is 0.390. The highest BCUT2D eigenvalue weighted by Crippen LogP contribution is 2.33. The van der Waals surface area contributed by atoms with Crippen molar-refractivity contribution in [3.8, 4) is 11.1 Å². The number of anilines is 1. The SMILES string of the molecule is O=C(c1cccc(Cl)c1Cl)N1CCN(Cc2cnc[nH]2)c2ccc(-c3ccccc3)cc2C1. The molecule has 0 unspecified atom stereocenters. The average molecular weight is 477 g/mol. The molecule has 2 heterocycles. The molecule has 1 aliphatic heterocycles. The van der Waals surface area contributed by atoms with Crippen molar-refractivity contribution >= 4 is 34.8 Å². The Morgan fingerprint density at radius 3 is 2.61 bits per heavy atom. The molecule has 3 aromatic carbocycles. The third-order valence-electron chi connectivity index (χ3n) is 5.91. The van der Waals surface area contributed by atoms with Crippen LogP contribution in [0.1, 0.15) is 21.6 Å². The van der Waals surface area contributed by atoms with Gasteiger partial charge in [0, 0.05) is 31.5 Å². The van der Waals surface area contributed by atoms with Crippen LogP contribution in [0.3, 0.4) is 0 Å². The van der Waals surface area contributed by atoms with Crippen LogP contribution in [-0.4, -0.2) is 33.9 Å². The molecule has 0 fully saturated rings. The third kappa shape index (κ3) is 4.47. The van der Waals surface area contributed by atoms with E-state index in [1.165, 1.54) is 0 Å². The Bertz CT molecular complexity index is 1270. The average Bonchev–Trinajstić information content (AvgIpc) is 3.29. The number of nitrogens with one attached hydrogen (secondary N) is 1. The molecular weight excluding hydrogens is 455 g/mol. The zero-order valence-electron chi connectivity index (χ0n) is 17.8. The van der Waals surface area contributed by atoms with Crippen molar-refractivity contribution in [1.29, 1.82) is 0 Å². The normalized spacial score (nSPS) is 13.5. The summed E-state index contributed by atoms with van der Waals surface area (Å²) in [5, 5.41) is 0.672. The first-order valence-electron chi connectivity index (χ1n) is 10.7. The number of hydrogen-bond acceptors (Lipinski definition) is 3. The summed E-state index contributed by atoms with van der Waals surface area (Å²) in [5.41, 5.74) is 5.89. The van der Waals surface area contributed by atoms with E-state index in [0.717, 1.165) is 28.1 Å². The Balaban J connectivity index is 1.53. The Labute approximate surface area is 202 Å². The van der Waals surface area contributed by atoms with Gasteiger partial charge in [0.25, 0.3) is 5.91 Å². The van der Waals surface area contributed by atoms with Crippen LogP contribution in [-0.2, 0) is 13.1 Å². The van der Waals surface area contributed by atoms with Crippen molar-refractivity contribution in [3.63, 3.8) is 0 Å². The molecule has 0 radical (unpaired) electrons. The van der Waals surface area contributed by atoms with Gasteiger partial charge in [0.05, 0.1) is 34.2 Å². The first kappa shape index (κ1) is 21.6. The highest BCUT2D eigenvalue weighted by Gasteiger charge is 2.26. The smallest absolute Gasteiger partial charge is 0.255 e. The minimum Gasteiger partial charge on any atom is -0.364 e. The monoisotopic (exact) mass is 476 g/mol. The van der Waals surface area contributed by atoms with Crippen molar-refractivity contribution in [2.45, 2.75) is 13.1 Å². The summed E-state index contributed by atoms with van der Waals surface area (Å²) in [4.78, 5) is 24.9.